The van der Waals surface area contributed by atoms with Crippen molar-refractivity contribution in [2.75, 3.05) is 6.54 Å². The second-order valence-electron chi connectivity index (χ2n) is 5.12. The van der Waals surface area contributed by atoms with E-state index in [1.807, 2.05) is 12.3 Å². The van der Waals surface area contributed by atoms with Crippen LogP contribution in [0.15, 0.2) is 18.3 Å². The first-order valence-corrected chi connectivity index (χ1v) is 7.16. The largest absolute Gasteiger partial charge is 0.474 e. The Bertz CT molecular complexity index is 344. The molecule has 0 radical (unpaired) electrons. The van der Waals surface area contributed by atoms with Crippen LogP contribution in [0.5, 0.6) is 5.88 Å². The first kappa shape index (κ1) is 13.3. The van der Waals surface area contributed by atoms with Crippen LogP contribution in [-0.4, -0.2) is 23.7 Å². The lowest BCUT2D eigenvalue weighted by Gasteiger charge is -2.35. The van der Waals surface area contributed by atoms with Gasteiger partial charge in [-0.15, -0.1) is 0 Å². The average molecular weight is 248 g/mol. The number of hydrogen-bond acceptors (Lipinski definition) is 3. The zero-order chi connectivity index (χ0) is 12.8. The molecule has 3 nitrogen and oxygen atoms in total. The highest BCUT2D eigenvalue weighted by Gasteiger charge is 2.30. The smallest absolute Gasteiger partial charge is 0.213 e. The van der Waals surface area contributed by atoms with Crippen LogP contribution in [0.4, 0.5) is 0 Å². The minimum absolute atomic E-state index is 0.351. The fraction of sp³-hybridized carbons (Fsp3) is 0.667. The molecule has 2 rings (SSSR count). The number of nitrogens with one attached hydrogen (secondary N) is 1. The molecular formula is C15H24N2O. The molecule has 100 valence electrons. The fourth-order valence-corrected chi connectivity index (χ4v) is 2.26. The second kappa shape index (κ2) is 6.74. The minimum Gasteiger partial charge on any atom is -0.474 e. The summed E-state index contributed by atoms with van der Waals surface area (Å²) >= 11 is 0. The summed E-state index contributed by atoms with van der Waals surface area (Å²) in [6, 6.07) is 4.77. The second-order valence-corrected chi connectivity index (χ2v) is 5.12. The monoisotopic (exact) mass is 248 g/mol. The predicted molar refractivity (Wildman–Crippen MR) is 74.0 cm³/mol. The summed E-state index contributed by atoms with van der Waals surface area (Å²) in [5.74, 6) is 0.772. The van der Waals surface area contributed by atoms with Gasteiger partial charge in [0.25, 0.3) is 0 Å². The molecule has 0 saturated heterocycles. The molecule has 3 heteroatoms. The Hall–Kier alpha value is -1.09. The Balaban J connectivity index is 1.71. The first-order chi connectivity index (χ1) is 8.81. The summed E-state index contributed by atoms with van der Waals surface area (Å²) < 4.78 is 5.84. The van der Waals surface area contributed by atoms with Gasteiger partial charge in [-0.3, -0.25) is 0 Å². The van der Waals surface area contributed by atoms with Gasteiger partial charge in [-0.05, 0) is 37.8 Å². The van der Waals surface area contributed by atoms with Crippen molar-refractivity contribution in [3.05, 3.63) is 23.9 Å². The van der Waals surface area contributed by atoms with Crippen LogP contribution in [0.3, 0.4) is 0 Å². The molecule has 0 bridgehead atoms. The van der Waals surface area contributed by atoms with Gasteiger partial charge in [0.2, 0.25) is 5.88 Å². The van der Waals surface area contributed by atoms with E-state index >= 15 is 0 Å². The van der Waals surface area contributed by atoms with E-state index < -0.39 is 0 Å². The molecule has 0 spiro atoms. The van der Waals surface area contributed by atoms with Gasteiger partial charge in [0, 0.05) is 18.3 Å². The molecule has 1 aliphatic carbocycles. The van der Waals surface area contributed by atoms with Gasteiger partial charge in [0.05, 0.1) is 0 Å². The first-order valence-electron chi connectivity index (χ1n) is 7.16. The number of aromatic nitrogens is 1. The van der Waals surface area contributed by atoms with Crippen molar-refractivity contribution >= 4 is 0 Å². The third-order valence-electron chi connectivity index (χ3n) is 3.40. The summed E-state index contributed by atoms with van der Waals surface area (Å²) in [6.45, 7) is 5.49. The summed E-state index contributed by atoms with van der Waals surface area (Å²) in [6.07, 6.45) is 7.96. The molecule has 1 heterocycles. The Morgan fingerprint density at radius 1 is 1.28 bits per heavy atom. The Kier molecular flexibility index (Phi) is 5.00. The topological polar surface area (TPSA) is 34.1 Å². The van der Waals surface area contributed by atoms with Crippen molar-refractivity contribution in [2.45, 2.75) is 58.1 Å². The summed E-state index contributed by atoms with van der Waals surface area (Å²) in [5.41, 5.74) is 1.29. The number of aryl methyl sites for hydroxylation is 1. The summed E-state index contributed by atoms with van der Waals surface area (Å²) in [5, 5.41) is 3.51. The average Bonchev–Trinajstić information content (AvgIpc) is 2.34. The highest BCUT2D eigenvalue weighted by molar-refractivity contribution is 5.18. The van der Waals surface area contributed by atoms with Crippen LogP contribution in [0, 0.1) is 0 Å². The van der Waals surface area contributed by atoms with E-state index in [1.54, 1.807) is 0 Å². The normalized spacial score (nSPS) is 22.6. The van der Waals surface area contributed by atoms with Gasteiger partial charge >= 0.3 is 0 Å². The molecule has 1 saturated carbocycles. The Labute approximate surface area is 110 Å². The van der Waals surface area contributed by atoms with Gasteiger partial charge in [-0.25, -0.2) is 4.98 Å². The highest BCUT2D eigenvalue weighted by atomic mass is 16.5. The Morgan fingerprint density at radius 3 is 2.72 bits per heavy atom. The third kappa shape index (κ3) is 3.70. The van der Waals surface area contributed by atoms with Gasteiger partial charge < -0.3 is 10.1 Å². The predicted octanol–water partition coefficient (Wildman–Crippen LogP) is 2.94. The van der Waals surface area contributed by atoms with Crippen LogP contribution in [0.2, 0.25) is 0 Å². The minimum atomic E-state index is 0.351. The van der Waals surface area contributed by atoms with Crippen molar-refractivity contribution in [3.63, 3.8) is 0 Å². The van der Waals surface area contributed by atoms with Crippen molar-refractivity contribution in [3.8, 4) is 5.88 Å². The quantitative estimate of drug-likeness (QED) is 0.805. The highest BCUT2D eigenvalue weighted by Crippen LogP contribution is 2.25. The number of hydrogen-bond donors (Lipinski definition) is 1. The lowest BCUT2D eigenvalue weighted by atomic mass is 9.89. The molecule has 0 aliphatic heterocycles. The van der Waals surface area contributed by atoms with Gasteiger partial charge in [0.15, 0.2) is 0 Å². The molecule has 1 N–H and O–H groups in total. The van der Waals surface area contributed by atoms with E-state index in [0.29, 0.717) is 12.1 Å². The maximum atomic E-state index is 5.84. The lowest BCUT2D eigenvalue weighted by Crippen LogP contribution is -2.47. The molecule has 0 aromatic carbocycles. The molecule has 18 heavy (non-hydrogen) atoms. The number of nitrogens with zero attached hydrogens (tertiary/aromatic N) is 1. The molecule has 0 unspecified atom stereocenters. The van der Waals surface area contributed by atoms with Crippen LogP contribution in [-0.2, 0) is 6.42 Å². The van der Waals surface area contributed by atoms with E-state index in [-0.39, 0.29) is 0 Å². The van der Waals surface area contributed by atoms with E-state index in [0.717, 1.165) is 38.1 Å². The molecular weight excluding hydrogens is 224 g/mol. The zero-order valence-electron chi connectivity index (χ0n) is 11.5. The van der Waals surface area contributed by atoms with Gasteiger partial charge in [0.1, 0.15) is 6.10 Å². The number of rotatable bonds is 7. The van der Waals surface area contributed by atoms with Crippen LogP contribution < -0.4 is 10.1 Å². The van der Waals surface area contributed by atoms with Crippen LogP contribution in [0.25, 0.3) is 0 Å². The molecule has 1 aromatic rings. The number of ether oxygens (including phenoxy) is 1. The van der Waals surface area contributed by atoms with E-state index in [1.165, 1.54) is 12.0 Å². The molecule has 1 fully saturated rings. The van der Waals surface area contributed by atoms with Crippen molar-refractivity contribution in [1.29, 1.82) is 0 Å². The maximum absolute atomic E-state index is 5.84. The van der Waals surface area contributed by atoms with Crippen molar-refractivity contribution in [2.24, 2.45) is 0 Å². The molecule has 0 amide bonds. The zero-order valence-corrected chi connectivity index (χ0v) is 11.5. The maximum Gasteiger partial charge on any atom is 0.213 e. The standard InChI is InChI=1S/C15H24N2O/c1-3-5-12-6-7-15(17-11-12)18-14-9-13(10-14)16-8-4-2/h6-7,11,13-14,16H,3-5,8-10H2,1-2H3. The number of pyridine rings is 1. The SMILES string of the molecule is CCCNC1CC(Oc2ccc(CCC)cn2)C1. The van der Waals surface area contributed by atoms with Gasteiger partial charge in [-0.2, -0.15) is 0 Å². The Morgan fingerprint density at radius 2 is 2.11 bits per heavy atom. The molecule has 1 aliphatic rings. The van der Waals surface area contributed by atoms with E-state index in [9.17, 15) is 0 Å². The van der Waals surface area contributed by atoms with E-state index in [4.69, 9.17) is 4.74 Å². The summed E-state index contributed by atoms with van der Waals surface area (Å²) in [4.78, 5) is 4.36. The fourth-order valence-electron chi connectivity index (χ4n) is 2.26. The molecule has 0 atom stereocenters. The summed E-state index contributed by atoms with van der Waals surface area (Å²) in [7, 11) is 0. The molecule has 1 aromatic heterocycles. The van der Waals surface area contributed by atoms with E-state index in [2.05, 4.69) is 30.2 Å². The van der Waals surface area contributed by atoms with Crippen molar-refractivity contribution in [1.82, 2.24) is 10.3 Å². The van der Waals surface area contributed by atoms with Crippen LogP contribution >= 0.6 is 0 Å². The van der Waals surface area contributed by atoms with Crippen molar-refractivity contribution < 1.29 is 4.74 Å². The third-order valence-corrected chi connectivity index (χ3v) is 3.40. The lowest BCUT2D eigenvalue weighted by molar-refractivity contribution is 0.0807. The van der Waals surface area contributed by atoms with Crippen LogP contribution in [0.1, 0.15) is 45.1 Å². The van der Waals surface area contributed by atoms with Gasteiger partial charge in [-0.1, -0.05) is 26.3 Å².